The third kappa shape index (κ3) is 3.56. The van der Waals surface area contributed by atoms with Gasteiger partial charge in [-0.1, -0.05) is 35.7 Å². The topological polar surface area (TPSA) is 26.0 Å². The predicted octanol–water partition coefficient (Wildman–Crippen LogP) is 4.88. The summed E-state index contributed by atoms with van der Waals surface area (Å²) in [4.78, 5) is 2.97. The van der Waals surface area contributed by atoms with E-state index >= 15 is 0 Å². The fourth-order valence-electron chi connectivity index (χ4n) is 3.41. The highest BCUT2D eigenvalue weighted by Crippen LogP contribution is 2.32. The number of thiophene rings is 1. The van der Waals surface area contributed by atoms with E-state index in [2.05, 4.69) is 38.1 Å². The van der Waals surface area contributed by atoms with Crippen molar-refractivity contribution in [3.63, 3.8) is 0 Å². The average molecular weight is 299 g/mol. The Labute approximate surface area is 132 Å². The molecule has 2 heteroatoms. The highest BCUT2D eigenvalue weighted by molar-refractivity contribution is 7.12. The summed E-state index contributed by atoms with van der Waals surface area (Å²) in [5.41, 5.74) is 12.1. The molecule has 0 bridgehead atoms. The van der Waals surface area contributed by atoms with E-state index in [9.17, 15) is 0 Å². The Morgan fingerprint density at radius 1 is 1.00 bits per heavy atom. The van der Waals surface area contributed by atoms with E-state index in [4.69, 9.17) is 5.73 Å². The van der Waals surface area contributed by atoms with Crippen LogP contribution in [0.2, 0.25) is 0 Å². The lowest BCUT2D eigenvalue weighted by molar-refractivity contribution is 0.709. The van der Waals surface area contributed by atoms with E-state index < -0.39 is 0 Å². The standard InChI is InChI=1S/C19H25NS/c1-13-8-14(2)10-15(9-13)11-17(20)19-12-16-6-4-3-5-7-18(16)21-19/h8-10,12,17H,3-7,11,20H2,1-2H3. The average Bonchev–Trinajstić information content (AvgIpc) is 2.69. The van der Waals surface area contributed by atoms with Crippen molar-refractivity contribution in [3.8, 4) is 0 Å². The van der Waals surface area contributed by atoms with Crippen LogP contribution in [0.1, 0.15) is 57.3 Å². The molecule has 0 radical (unpaired) electrons. The van der Waals surface area contributed by atoms with Gasteiger partial charge in [-0.25, -0.2) is 0 Å². The summed E-state index contributed by atoms with van der Waals surface area (Å²) in [5.74, 6) is 0. The maximum atomic E-state index is 6.49. The first kappa shape index (κ1) is 14.8. The van der Waals surface area contributed by atoms with Crippen LogP contribution in [-0.2, 0) is 19.3 Å². The SMILES string of the molecule is Cc1cc(C)cc(CC(N)c2cc3c(s2)CCCCC3)c1. The molecule has 0 saturated carbocycles. The zero-order chi connectivity index (χ0) is 14.8. The molecule has 1 unspecified atom stereocenters. The van der Waals surface area contributed by atoms with Crippen LogP contribution >= 0.6 is 11.3 Å². The largest absolute Gasteiger partial charge is 0.323 e. The van der Waals surface area contributed by atoms with Gasteiger partial charge in [0.2, 0.25) is 0 Å². The van der Waals surface area contributed by atoms with Crippen molar-refractivity contribution in [3.05, 3.63) is 56.3 Å². The maximum absolute atomic E-state index is 6.49. The number of hydrogen-bond donors (Lipinski definition) is 1. The maximum Gasteiger partial charge on any atom is 0.0430 e. The summed E-state index contributed by atoms with van der Waals surface area (Å²) in [5, 5.41) is 0. The molecule has 0 amide bonds. The van der Waals surface area contributed by atoms with E-state index in [0.29, 0.717) is 0 Å². The number of hydrogen-bond acceptors (Lipinski definition) is 2. The van der Waals surface area contributed by atoms with Crippen molar-refractivity contribution in [1.82, 2.24) is 0 Å². The Morgan fingerprint density at radius 3 is 2.48 bits per heavy atom. The fourth-order valence-corrected chi connectivity index (χ4v) is 4.67. The van der Waals surface area contributed by atoms with E-state index in [1.807, 2.05) is 11.3 Å². The quantitative estimate of drug-likeness (QED) is 0.803. The molecular formula is C19H25NS. The van der Waals surface area contributed by atoms with Crippen molar-refractivity contribution in [2.75, 3.05) is 0 Å². The molecule has 0 aliphatic heterocycles. The molecule has 1 aliphatic carbocycles. The summed E-state index contributed by atoms with van der Waals surface area (Å²) in [7, 11) is 0. The van der Waals surface area contributed by atoms with Gasteiger partial charge in [0.25, 0.3) is 0 Å². The Balaban J connectivity index is 1.77. The number of rotatable bonds is 3. The number of benzene rings is 1. The van der Waals surface area contributed by atoms with Crippen LogP contribution in [0, 0.1) is 13.8 Å². The third-order valence-corrected chi connectivity index (χ3v) is 5.74. The molecule has 0 spiro atoms. The zero-order valence-electron chi connectivity index (χ0n) is 13.1. The number of nitrogens with two attached hydrogens (primary N) is 1. The summed E-state index contributed by atoms with van der Waals surface area (Å²) >= 11 is 1.96. The van der Waals surface area contributed by atoms with Crippen LogP contribution in [0.5, 0.6) is 0 Å². The van der Waals surface area contributed by atoms with Gasteiger partial charge in [0.05, 0.1) is 0 Å². The smallest absolute Gasteiger partial charge is 0.0430 e. The molecule has 21 heavy (non-hydrogen) atoms. The van der Waals surface area contributed by atoms with Crippen molar-refractivity contribution >= 4 is 11.3 Å². The molecule has 0 fully saturated rings. The molecule has 1 nitrogen and oxygen atoms in total. The minimum atomic E-state index is 0.142. The highest BCUT2D eigenvalue weighted by atomic mass is 32.1. The summed E-state index contributed by atoms with van der Waals surface area (Å²) < 4.78 is 0. The van der Waals surface area contributed by atoms with Gasteiger partial charge in [-0.15, -0.1) is 11.3 Å². The third-order valence-electron chi connectivity index (χ3n) is 4.37. The van der Waals surface area contributed by atoms with Gasteiger partial charge in [0, 0.05) is 15.8 Å². The minimum absolute atomic E-state index is 0.142. The summed E-state index contributed by atoms with van der Waals surface area (Å²) in [6, 6.07) is 9.29. The Hall–Kier alpha value is -1.12. The van der Waals surface area contributed by atoms with Crippen molar-refractivity contribution in [2.45, 2.75) is 58.4 Å². The molecule has 0 saturated heterocycles. The van der Waals surface area contributed by atoms with E-state index in [1.54, 1.807) is 10.4 Å². The molecule has 1 aromatic carbocycles. The van der Waals surface area contributed by atoms with Crippen molar-refractivity contribution < 1.29 is 0 Å². The van der Waals surface area contributed by atoms with Crippen LogP contribution in [0.3, 0.4) is 0 Å². The van der Waals surface area contributed by atoms with Crippen LogP contribution in [0.25, 0.3) is 0 Å². The second kappa shape index (κ2) is 6.33. The van der Waals surface area contributed by atoms with Gasteiger partial charge in [-0.3, -0.25) is 0 Å². The van der Waals surface area contributed by atoms with Gasteiger partial charge < -0.3 is 5.73 Å². The van der Waals surface area contributed by atoms with E-state index in [-0.39, 0.29) is 6.04 Å². The lowest BCUT2D eigenvalue weighted by Crippen LogP contribution is -2.12. The fraction of sp³-hybridized carbons (Fsp3) is 0.474. The molecule has 1 aliphatic rings. The lowest BCUT2D eigenvalue weighted by Gasteiger charge is -2.11. The second-order valence-electron chi connectivity index (χ2n) is 6.46. The first-order valence-electron chi connectivity index (χ1n) is 8.06. The van der Waals surface area contributed by atoms with Gasteiger partial charge >= 0.3 is 0 Å². The number of aryl methyl sites for hydroxylation is 4. The molecule has 1 heterocycles. The van der Waals surface area contributed by atoms with Crippen LogP contribution < -0.4 is 5.73 Å². The number of fused-ring (bicyclic) bond motifs is 1. The van der Waals surface area contributed by atoms with Gasteiger partial charge in [-0.05, 0) is 63.1 Å². The summed E-state index contributed by atoms with van der Waals surface area (Å²) in [6.07, 6.45) is 7.53. The van der Waals surface area contributed by atoms with Crippen molar-refractivity contribution in [1.29, 1.82) is 0 Å². The van der Waals surface area contributed by atoms with Crippen LogP contribution in [0.15, 0.2) is 24.3 Å². The molecular weight excluding hydrogens is 274 g/mol. The van der Waals surface area contributed by atoms with Gasteiger partial charge in [0.15, 0.2) is 0 Å². The van der Waals surface area contributed by atoms with Gasteiger partial charge in [-0.2, -0.15) is 0 Å². The molecule has 112 valence electrons. The molecule has 1 aromatic heterocycles. The first-order valence-corrected chi connectivity index (χ1v) is 8.88. The van der Waals surface area contributed by atoms with E-state index in [0.717, 1.165) is 6.42 Å². The minimum Gasteiger partial charge on any atom is -0.323 e. The molecule has 3 rings (SSSR count). The Bertz CT molecular complexity index is 583. The van der Waals surface area contributed by atoms with Crippen molar-refractivity contribution in [2.24, 2.45) is 5.73 Å². The lowest BCUT2D eigenvalue weighted by atomic mass is 10.0. The Kier molecular flexibility index (Phi) is 4.46. The van der Waals surface area contributed by atoms with E-state index in [1.165, 1.54) is 53.7 Å². The predicted molar refractivity (Wildman–Crippen MR) is 92.1 cm³/mol. The normalized spacial score (nSPS) is 16.3. The molecule has 2 N–H and O–H groups in total. The first-order chi connectivity index (χ1) is 10.1. The van der Waals surface area contributed by atoms with Gasteiger partial charge in [0.1, 0.15) is 0 Å². The molecule has 1 atom stereocenters. The zero-order valence-corrected chi connectivity index (χ0v) is 13.9. The Morgan fingerprint density at radius 2 is 1.71 bits per heavy atom. The second-order valence-corrected chi connectivity index (χ2v) is 7.63. The monoisotopic (exact) mass is 299 g/mol. The highest BCUT2D eigenvalue weighted by Gasteiger charge is 2.16. The molecule has 2 aromatic rings. The van der Waals surface area contributed by atoms with Crippen LogP contribution in [0.4, 0.5) is 0 Å². The van der Waals surface area contributed by atoms with Crippen LogP contribution in [-0.4, -0.2) is 0 Å². The summed E-state index contributed by atoms with van der Waals surface area (Å²) in [6.45, 7) is 4.32.